The van der Waals surface area contributed by atoms with Crippen molar-refractivity contribution in [3.05, 3.63) is 46.2 Å². The summed E-state index contributed by atoms with van der Waals surface area (Å²) in [6.07, 6.45) is 6.21. The van der Waals surface area contributed by atoms with Crippen LogP contribution >= 0.6 is 11.3 Å². The number of amides is 1. The Morgan fingerprint density at radius 2 is 1.96 bits per heavy atom. The highest BCUT2D eigenvalue weighted by atomic mass is 32.1. The zero-order valence-electron chi connectivity index (χ0n) is 14.8. The molecule has 0 unspecified atom stereocenters. The number of carbonyl (C=O) groups is 1. The highest BCUT2D eigenvalue weighted by molar-refractivity contribution is 7.12. The van der Waals surface area contributed by atoms with Crippen LogP contribution < -0.4 is 5.32 Å². The number of carbonyl (C=O) groups excluding carboxylic acids is 1. The van der Waals surface area contributed by atoms with Gasteiger partial charge in [0.1, 0.15) is 0 Å². The second kappa shape index (κ2) is 8.63. The Hall–Kier alpha value is -1.65. The van der Waals surface area contributed by atoms with Crippen LogP contribution in [0.5, 0.6) is 0 Å². The molecule has 0 aliphatic heterocycles. The standard InChI is InChI=1S/C21H27NO2S/c1-15-8-10-16(11-9-15)18-12-14-25-20(18)21(24)22-13-4-6-17-5-2-3-7-19(17)23/h8-12,14,17,19,23H,2-7,13H2,1H3,(H,22,24)/t17-,19+/m1/s1. The molecule has 3 nitrogen and oxygen atoms in total. The minimum Gasteiger partial charge on any atom is -0.393 e. The predicted octanol–water partition coefficient (Wildman–Crippen LogP) is 4.78. The first-order valence-corrected chi connectivity index (χ1v) is 10.1. The monoisotopic (exact) mass is 357 g/mol. The zero-order chi connectivity index (χ0) is 17.6. The lowest BCUT2D eigenvalue weighted by atomic mass is 9.83. The van der Waals surface area contributed by atoms with Crippen molar-refractivity contribution in [2.24, 2.45) is 5.92 Å². The molecule has 2 atom stereocenters. The fourth-order valence-electron chi connectivity index (χ4n) is 3.62. The second-order valence-corrected chi connectivity index (χ2v) is 7.96. The van der Waals surface area contributed by atoms with Crippen molar-refractivity contribution in [2.45, 2.75) is 51.6 Å². The quantitative estimate of drug-likeness (QED) is 0.731. The van der Waals surface area contributed by atoms with E-state index in [2.05, 4.69) is 36.5 Å². The molecule has 1 aromatic carbocycles. The molecule has 1 aliphatic carbocycles. The molecular formula is C21H27NO2S. The largest absolute Gasteiger partial charge is 0.393 e. The van der Waals surface area contributed by atoms with Crippen LogP contribution in [0.15, 0.2) is 35.7 Å². The number of aliphatic hydroxyl groups excluding tert-OH is 1. The van der Waals surface area contributed by atoms with Crippen molar-refractivity contribution < 1.29 is 9.90 Å². The smallest absolute Gasteiger partial charge is 0.261 e. The number of aliphatic hydroxyl groups is 1. The van der Waals surface area contributed by atoms with Crippen LogP contribution in [-0.2, 0) is 0 Å². The number of benzene rings is 1. The summed E-state index contributed by atoms with van der Waals surface area (Å²) in [5, 5.41) is 15.0. The Labute approximate surface area is 154 Å². The van der Waals surface area contributed by atoms with Gasteiger partial charge in [-0.1, -0.05) is 42.7 Å². The highest BCUT2D eigenvalue weighted by Gasteiger charge is 2.22. The minimum atomic E-state index is -0.144. The molecule has 0 saturated heterocycles. The van der Waals surface area contributed by atoms with Gasteiger partial charge in [-0.25, -0.2) is 0 Å². The molecule has 2 N–H and O–H groups in total. The van der Waals surface area contributed by atoms with Gasteiger partial charge in [-0.2, -0.15) is 0 Å². The summed E-state index contributed by atoms with van der Waals surface area (Å²) < 4.78 is 0. The maximum absolute atomic E-state index is 12.5. The summed E-state index contributed by atoms with van der Waals surface area (Å²) in [7, 11) is 0. The third-order valence-corrected chi connectivity index (χ3v) is 6.05. The topological polar surface area (TPSA) is 49.3 Å². The van der Waals surface area contributed by atoms with Crippen LogP contribution in [-0.4, -0.2) is 23.7 Å². The maximum Gasteiger partial charge on any atom is 0.261 e. The Kier molecular flexibility index (Phi) is 6.27. The molecule has 0 spiro atoms. The fraction of sp³-hybridized carbons (Fsp3) is 0.476. The van der Waals surface area contributed by atoms with Crippen LogP contribution in [0.3, 0.4) is 0 Å². The molecule has 134 valence electrons. The number of hydrogen-bond donors (Lipinski definition) is 2. The number of rotatable bonds is 6. The molecule has 0 bridgehead atoms. The molecular weight excluding hydrogens is 330 g/mol. The normalized spacial score (nSPS) is 20.4. The average molecular weight is 358 g/mol. The Morgan fingerprint density at radius 3 is 2.72 bits per heavy atom. The van der Waals surface area contributed by atoms with Crippen molar-refractivity contribution in [2.75, 3.05) is 6.54 Å². The van der Waals surface area contributed by atoms with Gasteiger partial charge in [0, 0.05) is 12.1 Å². The highest BCUT2D eigenvalue weighted by Crippen LogP contribution is 2.29. The first-order chi connectivity index (χ1) is 12.1. The summed E-state index contributed by atoms with van der Waals surface area (Å²) in [6, 6.07) is 10.3. The molecule has 2 aromatic rings. The van der Waals surface area contributed by atoms with E-state index in [1.54, 1.807) is 0 Å². The summed E-state index contributed by atoms with van der Waals surface area (Å²) in [5.41, 5.74) is 3.31. The van der Waals surface area contributed by atoms with E-state index in [0.717, 1.165) is 48.1 Å². The summed E-state index contributed by atoms with van der Waals surface area (Å²) in [4.78, 5) is 13.3. The van der Waals surface area contributed by atoms with E-state index in [1.165, 1.54) is 23.3 Å². The van der Waals surface area contributed by atoms with Gasteiger partial charge in [-0.05, 0) is 55.5 Å². The van der Waals surface area contributed by atoms with E-state index < -0.39 is 0 Å². The molecule has 4 heteroatoms. The number of thiophene rings is 1. The van der Waals surface area contributed by atoms with Gasteiger partial charge in [0.15, 0.2) is 0 Å². The number of nitrogens with one attached hydrogen (secondary N) is 1. The summed E-state index contributed by atoms with van der Waals surface area (Å²) in [6.45, 7) is 2.74. The third kappa shape index (κ3) is 4.71. The van der Waals surface area contributed by atoms with E-state index in [9.17, 15) is 9.90 Å². The van der Waals surface area contributed by atoms with Crippen LogP contribution in [0.1, 0.15) is 53.8 Å². The Balaban J connectivity index is 1.52. The molecule has 3 rings (SSSR count). The van der Waals surface area contributed by atoms with Crippen molar-refractivity contribution in [1.29, 1.82) is 0 Å². The van der Waals surface area contributed by atoms with Crippen molar-refractivity contribution >= 4 is 17.2 Å². The van der Waals surface area contributed by atoms with E-state index >= 15 is 0 Å². The van der Waals surface area contributed by atoms with Crippen LogP contribution in [0.25, 0.3) is 11.1 Å². The molecule has 25 heavy (non-hydrogen) atoms. The number of aryl methyl sites for hydroxylation is 1. The van der Waals surface area contributed by atoms with Gasteiger partial charge in [0.2, 0.25) is 0 Å². The maximum atomic E-state index is 12.5. The van der Waals surface area contributed by atoms with Crippen LogP contribution in [0.4, 0.5) is 0 Å². The van der Waals surface area contributed by atoms with Crippen molar-refractivity contribution in [3.8, 4) is 11.1 Å². The molecule has 1 saturated carbocycles. The zero-order valence-corrected chi connectivity index (χ0v) is 15.6. The lowest BCUT2D eigenvalue weighted by Crippen LogP contribution is -2.27. The summed E-state index contributed by atoms with van der Waals surface area (Å²) >= 11 is 1.49. The van der Waals surface area contributed by atoms with E-state index in [-0.39, 0.29) is 12.0 Å². The van der Waals surface area contributed by atoms with Crippen molar-refractivity contribution in [1.82, 2.24) is 5.32 Å². The van der Waals surface area contributed by atoms with Gasteiger partial charge < -0.3 is 10.4 Å². The minimum absolute atomic E-state index is 0.00904. The van der Waals surface area contributed by atoms with Crippen molar-refractivity contribution in [3.63, 3.8) is 0 Å². The van der Waals surface area contributed by atoms with Gasteiger partial charge in [-0.15, -0.1) is 11.3 Å². The number of hydrogen-bond acceptors (Lipinski definition) is 3. The Bertz CT molecular complexity index is 692. The first kappa shape index (κ1) is 18.2. The van der Waals surface area contributed by atoms with Gasteiger partial charge in [-0.3, -0.25) is 4.79 Å². The lowest BCUT2D eigenvalue weighted by Gasteiger charge is -2.27. The average Bonchev–Trinajstić information content (AvgIpc) is 3.10. The van der Waals surface area contributed by atoms with E-state index in [1.807, 2.05) is 11.4 Å². The van der Waals surface area contributed by atoms with Gasteiger partial charge >= 0.3 is 0 Å². The second-order valence-electron chi connectivity index (χ2n) is 7.04. The first-order valence-electron chi connectivity index (χ1n) is 9.26. The van der Waals surface area contributed by atoms with Crippen LogP contribution in [0.2, 0.25) is 0 Å². The molecule has 0 radical (unpaired) electrons. The third-order valence-electron chi connectivity index (χ3n) is 5.14. The molecule has 1 fully saturated rings. The predicted molar refractivity (Wildman–Crippen MR) is 104 cm³/mol. The molecule has 1 heterocycles. The lowest BCUT2D eigenvalue weighted by molar-refractivity contribution is 0.0641. The van der Waals surface area contributed by atoms with E-state index in [4.69, 9.17) is 0 Å². The molecule has 1 aliphatic rings. The van der Waals surface area contributed by atoms with Crippen LogP contribution in [0, 0.1) is 12.8 Å². The molecule has 1 amide bonds. The molecule has 1 aromatic heterocycles. The fourth-order valence-corrected chi connectivity index (χ4v) is 4.45. The summed E-state index contributed by atoms with van der Waals surface area (Å²) in [5.74, 6) is 0.422. The van der Waals surface area contributed by atoms with E-state index in [0.29, 0.717) is 12.5 Å². The Morgan fingerprint density at radius 1 is 1.20 bits per heavy atom. The van der Waals surface area contributed by atoms with Gasteiger partial charge in [0.25, 0.3) is 5.91 Å². The van der Waals surface area contributed by atoms with Gasteiger partial charge in [0.05, 0.1) is 11.0 Å². The SMILES string of the molecule is Cc1ccc(-c2ccsc2C(=O)NCCC[C@H]2CCCC[C@@H]2O)cc1.